The zero-order valence-corrected chi connectivity index (χ0v) is 23.6. The summed E-state index contributed by atoms with van der Waals surface area (Å²) in [6, 6.07) is 17.2. The van der Waals surface area contributed by atoms with Crippen LogP contribution in [0.4, 0.5) is 21.5 Å². The highest BCUT2D eigenvalue weighted by atomic mass is 35.5. The third-order valence-electron chi connectivity index (χ3n) is 6.98. The van der Waals surface area contributed by atoms with Gasteiger partial charge in [0.25, 0.3) is 0 Å². The van der Waals surface area contributed by atoms with Crippen LogP contribution in [0.2, 0.25) is 15.1 Å². The summed E-state index contributed by atoms with van der Waals surface area (Å²) in [7, 11) is 0. The molecule has 1 fully saturated rings. The Hall–Kier alpha value is -3.94. The summed E-state index contributed by atoms with van der Waals surface area (Å²) in [5.41, 5.74) is 4.06. The van der Waals surface area contributed by atoms with Crippen molar-refractivity contribution in [2.75, 3.05) is 23.7 Å². The number of benzene rings is 3. The third-order valence-corrected chi connectivity index (χ3v) is 7.74. The van der Waals surface area contributed by atoms with Crippen LogP contribution in [-0.4, -0.2) is 33.1 Å². The van der Waals surface area contributed by atoms with Gasteiger partial charge >= 0.3 is 0 Å². The van der Waals surface area contributed by atoms with E-state index in [4.69, 9.17) is 34.8 Å². The number of nitriles is 1. The Bertz CT molecular complexity index is 1780. The Kier molecular flexibility index (Phi) is 7.65. The standard InChI is InChI=1S/C29H22Cl3FN8/c30-18-3-1-16(2-4-18)28(26-15-41(40-39-26)21-7-8-35-14-21)38-25-10-19(31)9-22-27(17(12-34)13-36-29(22)25)37-20-5-6-24(33)23(32)11-20/h1-6,9-11,13,15,21,28,35,38H,7-8,14H2,(H,36,37)/t21-,28?/m0/s1. The number of nitrogens with zero attached hydrogens (tertiary/aromatic N) is 5. The van der Waals surface area contributed by atoms with Crippen molar-refractivity contribution in [1.82, 2.24) is 25.3 Å². The lowest BCUT2D eigenvalue weighted by atomic mass is 10.0. The number of pyridine rings is 1. The van der Waals surface area contributed by atoms with Crippen molar-refractivity contribution < 1.29 is 4.39 Å². The lowest BCUT2D eigenvalue weighted by molar-refractivity contribution is 0.476. The van der Waals surface area contributed by atoms with Crippen LogP contribution in [0.5, 0.6) is 0 Å². The predicted molar refractivity (Wildman–Crippen MR) is 160 cm³/mol. The molecule has 6 rings (SSSR count). The van der Waals surface area contributed by atoms with Crippen molar-refractivity contribution in [3.05, 3.63) is 105 Å². The summed E-state index contributed by atoms with van der Waals surface area (Å²) in [4.78, 5) is 4.61. The average Bonchev–Trinajstić information content (AvgIpc) is 3.67. The molecule has 1 unspecified atom stereocenters. The van der Waals surface area contributed by atoms with Gasteiger partial charge in [0.05, 0.1) is 45.8 Å². The van der Waals surface area contributed by atoms with Crippen LogP contribution < -0.4 is 16.0 Å². The van der Waals surface area contributed by atoms with Crippen LogP contribution >= 0.6 is 34.8 Å². The van der Waals surface area contributed by atoms with E-state index in [1.807, 2.05) is 35.1 Å². The van der Waals surface area contributed by atoms with Crippen molar-refractivity contribution >= 4 is 62.8 Å². The van der Waals surface area contributed by atoms with Gasteiger partial charge in [-0.05, 0) is 61.0 Å². The molecule has 206 valence electrons. The average molecular weight is 608 g/mol. The molecule has 8 nitrogen and oxygen atoms in total. The van der Waals surface area contributed by atoms with Crippen LogP contribution in [0.3, 0.4) is 0 Å². The van der Waals surface area contributed by atoms with E-state index in [2.05, 4.69) is 37.3 Å². The number of nitrogens with one attached hydrogen (secondary N) is 3. The molecule has 0 amide bonds. The Morgan fingerprint density at radius 2 is 1.90 bits per heavy atom. The molecular weight excluding hydrogens is 586 g/mol. The van der Waals surface area contributed by atoms with E-state index in [-0.39, 0.29) is 16.6 Å². The van der Waals surface area contributed by atoms with E-state index in [0.717, 1.165) is 25.1 Å². The number of aromatic nitrogens is 4. The first-order chi connectivity index (χ1) is 19.9. The fraction of sp³-hybridized carbons (Fsp3) is 0.172. The van der Waals surface area contributed by atoms with Gasteiger partial charge in [0.15, 0.2) is 0 Å². The van der Waals surface area contributed by atoms with Crippen molar-refractivity contribution in [2.45, 2.75) is 18.5 Å². The highest BCUT2D eigenvalue weighted by molar-refractivity contribution is 6.32. The van der Waals surface area contributed by atoms with E-state index >= 15 is 0 Å². The third kappa shape index (κ3) is 5.65. The summed E-state index contributed by atoms with van der Waals surface area (Å²) in [5.74, 6) is -0.541. The molecule has 0 saturated carbocycles. The van der Waals surface area contributed by atoms with Crippen molar-refractivity contribution in [3.8, 4) is 6.07 Å². The van der Waals surface area contributed by atoms with E-state index in [0.29, 0.717) is 43.7 Å². The fourth-order valence-corrected chi connectivity index (χ4v) is 5.45. The molecule has 3 aromatic carbocycles. The maximum absolute atomic E-state index is 13.8. The van der Waals surface area contributed by atoms with E-state index in [1.165, 1.54) is 24.4 Å². The number of hydrogen-bond donors (Lipinski definition) is 3. The normalized spacial score (nSPS) is 15.5. The monoisotopic (exact) mass is 606 g/mol. The maximum Gasteiger partial charge on any atom is 0.141 e. The molecule has 1 aliphatic rings. The minimum atomic E-state index is -0.541. The van der Waals surface area contributed by atoms with E-state index in [9.17, 15) is 9.65 Å². The Balaban J connectivity index is 1.44. The van der Waals surface area contributed by atoms with E-state index in [1.54, 1.807) is 12.1 Å². The molecule has 2 atom stereocenters. The summed E-state index contributed by atoms with van der Waals surface area (Å²) in [6.07, 6.45) is 4.40. The predicted octanol–water partition coefficient (Wildman–Crippen LogP) is 7.28. The Labute approximate surface area is 250 Å². The van der Waals surface area contributed by atoms with E-state index < -0.39 is 11.9 Å². The van der Waals surface area contributed by atoms with Gasteiger partial charge in [0.2, 0.25) is 0 Å². The molecule has 0 radical (unpaired) electrons. The van der Waals surface area contributed by atoms with Gasteiger partial charge in [0.1, 0.15) is 17.6 Å². The zero-order valence-electron chi connectivity index (χ0n) is 21.4. The number of hydrogen-bond acceptors (Lipinski definition) is 7. The lowest BCUT2D eigenvalue weighted by Crippen LogP contribution is -2.15. The number of fused-ring (bicyclic) bond motifs is 1. The van der Waals surface area contributed by atoms with Gasteiger partial charge < -0.3 is 16.0 Å². The topological polar surface area (TPSA) is 103 Å². The van der Waals surface area contributed by atoms with Crippen LogP contribution in [0.25, 0.3) is 10.9 Å². The number of halogens is 4. The van der Waals surface area contributed by atoms with Crippen LogP contribution in [0, 0.1) is 17.1 Å². The van der Waals surface area contributed by atoms with Gasteiger partial charge in [-0.3, -0.25) is 4.98 Å². The second-order valence-corrected chi connectivity index (χ2v) is 10.9. The lowest BCUT2D eigenvalue weighted by Gasteiger charge is -2.21. The smallest absolute Gasteiger partial charge is 0.141 e. The molecule has 0 bridgehead atoms. The first-order valence-corrected chi connectivity index (χ1v) is 13.9. The second kappa shape index (κ2) is 11.5. The summed E-state index contributed by atoms with van der Waals surface area (Å²) in [5, 5.41) is 30.5. The second-order valence-electron chi connectivity index (χ2n) is 9.66. The van der Waals surface area contributed by atoms with Crippen molar-refractivity contribution in [1.29, 1.82) is 5.26 Å². The molecule has 1 saturated heterocycles. The maximum atomic E-state index is 13.8. The fourth-order valence-electron chi connectivity index (χ4n) is 4.92. The molecule has 0 aliphatic carbocycles. The molecule has 0 spiro atoms. The molecular formula is C29H22Cl3FN8. The highest BCUT2D eigenvalue weighted by Gasteiger charge is 2.24. The quantitative estimate of drug-likeness (QED) is 0.179. The molecule has 41 heavy (non-hydrogen) atoms. The summed E-state index contributed by atoms with van der Waals surface area (Å²) < 4.78 is 15.7. The van der Waals surface area contributed by atoms with Gasteiger partial charge in [0, 0.05) is 33.9 Å². The first-order valence-electron chi connectivity index (χ1n) is 12.8. The SMILES string of the molecule is N#Cc1cnc2c(NC(c3ccc(Cl)cc3)c3cn([C@H]4CCNC4)nn3)cc(Cl)cc2c1Nc1ccc(F)c(Cl)c1. The van der Waals surface area contributed by atoms with Crippen LogP contribution in [0.1, 0.15) is 35.3 Å². The number of rotatable bonds is 7. The highest BCUT2D eigenvalue weighted by Crippen LogP contribution is 2.38. The minimum absolute atomic E-state index is 0.0421. The van der Waals surface area contributed by atoms with Crippen molar-refractivity contribution in [2.24, 2.45) is 0 Å². The summed E-state index contributed by atoms with van der Waals surface area (Å²) in [6.45, 7) is 1.77. The van der Waals surface area contributed by atoms with Gasteiger partial charge in [-0.15, -0.1) is 5.10 Å². The van der Waals surface area contributed by atoms with Gasteiger partial charge in [-0.1, -0.05) is 52.1 Å². The Morgan fingerprint density at radius 1 is 1.07 bits per heavy atom. The molecule has 3 N–H and O–H groups in total. The summed E-state index contributed by atoms with van der Waals surface area (Å²) >= 11 is 18.8. The van der Waals surface area contributed by atoms with Gasteiger partial charge in [-0.2, -0.15) is 5.26 Å². The molecule has 3 heterocycles. The molecule has 5 aromatic rings. The van der Waals surface area contributed by atoms with Gasteiger partial charge in [-0.25, -0.2) is 9.07 Å². The molecule has 1 aliphatic heterocycles. The largest absolute Gasteiger partial charge is 0.371 e. The van der Waals surface area contributed by atoms with Crippen LogP contribution in [0.15, 0.2) is 67.0 Å². The first kappa shape index (κ1) is 27.2. The molecule has 12 heteroatoms. The number of anilines is 3. The molecule has 2 aromatic heterocycles. The zero-order chi connectivity index (χ0) is 28.5. The van der Waals surface area contributed by atoms with Crippen molar-refractivity contribution in [3.63, 3.8) is 0 Å². The Morgan fingerprint density at radius 3 is 2.63 bits per heavy atom. The van der Waals surface area contributed by atoms with Crippen LogP contribution in [-0.2, 0) is 0 Å². The minimum Gasteiger partial charge on any atom is -0.371 e.